The van der Waals surface area contributed by atoms with Crippen LogP contribution >= 0.6 is 0 Å². The van der Waals surface area contributed by atoms with E-state index in [9.17, 15) is 18.3 Å². The molecule has 1 fully saturated rings. The smallest absolute Gasteiger partial charge is 0.385 e. The SMILES string of the molecule is CC(O)(c1cnccc1C(F)(F)F)C1CCCCC1. The maximum absolute atomic E-state index is 13.0. The molecule has 1 saturated carbocycles. The molecule has 19 heavy (non-hydrogen) atoms. The first-order valence-electron chi connectivity index (χ1n) is 6.57. The molecule has 1 aromatic heterocycles. The first-order chi connectivity index (χ1) is 8.83. The molecule has 106 valence electrons. The van der Waals surface area contributed by atoms with Crippen LogP contribution in [0.4, 0.5) is 13.2 Å². The van der Waals surface area contributed by atoms with Gasteiger partial charge in [0.05, 0.1) is 11.2 Å². The second-order valence-corrected chi connectivity index (χ2v) is 5.40. The lowest BCUT2D eigenvalue weighted by atomic mass is 9.74. The van der Waals surface area contributed by atoms with E-state index in [1.165, 1.54) is 6.92 Å². The molecule has 1 aliphatic rings. The Labute approximate surface area is 110 Å². The molecule has 1 atom stereocenters. The van der Waals surface area contributed by atoms with Gasteiger partial charge in [-0.2, -0.15) is 13.2 Å². The monoisotopic (exact) mass is 273 g/mol. The van der Waals surface area contributed by atoms with Crippen molar-refractivity contribution in [3.05, 3.63) is 29.6 Å². The number of aromatic nitrogens is 1. The third-order valence-corrected chi connectivity index (χ3v) is 4.07. The van der Waals surface area contributed by atoms with Crippen LogP contribution in [0, 0.1) is 5.92 Å². The molecule has 2 rings (SSSR count). The summed E-state index contributed by atoms with van der Waals surface area (Å²) in [4.78, 5) is 3.76. The van der Waals surface area contributed by atoms with Crippen LogP contribution in [0.3, 0.4) is 0 Å². The van der Waals surface area contributed by atoms with Crippen LogP contribution < -0.4 is 0 Å². The molecule has 0 aliphatic heterocycles. The minimum absolute atomic E-state index is 0.102. The highest BCUT2D eigenvalue weighted by Crippen LogP contribution is 2.43. The van der Waals surface area contributed by atoms with Gasteiger partial charge in [0.15, 0.2) is 0 Å². The minimum atomic E-state index is -4.46. The van der Waals surface area contributed by atoms with Crippen LogP contribution in [0.2, 0.25) is 0 Å². The second-order valence-electron chi connectivity index (χ2n) is 5.40. The number of aliphatic hydroxyl groups is 1. The number of hydrogen-bond acceptors (Lipinski definition) is 2. The van der Waals surface area contributed by atoms with Crippen molar-refractivity contribution >= 4 is 0 Å². The van der Waals surface area contributed by atoms with Crippen molar-refractivity contribution in [2.24, 2.45) is 5.92 Å². The van der Waals surface area contributed by atoms with Gasteiger partial charge in [-0.25, -0.2) is 0 Å². The number of nitrogens with zero attached hydrogens (tertiary/aromatic N) is 1. The Bertz CT molecular complexity index is 437. The summed E-state index contributed by atoms with van der Waals surface area (Å²) >= 11 is 0. The molecular formula is C14H18F3NO. The fourth-order valence-corrected chi connectivity index (χ4v) is 2.93. The molecule has 1 aromatic rings. The third-order valence-electron chi connectivity index (χ3n) is 4.07. The van der Waals surface area contributed by atoms with Crippen LogP contribution in [0.1, 0.15) is 50.2 Å². The maximum Gasteiger partial charge on any atom is 0.416 e. The van der Waals surface area contributed by atoms with Gasteiger partial charge in [0.1, 0.15) is 0 Å². The Hall–Kier alpha value is -1.10. The Morgan fingerprint density at radius 2 is 1.79 bits per heavy atom. The summed E-state index contributed by atoms with van der Waals surface area (Å²) in [6, 6.07) is 0.937. The number of hydrogen-bond donors (Lipinski definition) is 1. The van der Waals surface area contributed by atoms with E-state index >= 15 is 0 Å². The molecule has 1 N–H and O–H groups in total. The molecule has 5 heteroatoms. The predicted octanol–water partition coefficient (Wildman–Crippen LogP) is 3.89. The van der Waals surface area contributed by atoms with Gasteiger partial charge < -0.3 is 5.11 Å². The van der Waals surface area contributed by atoms with E-state index in [1.807, 2.05) is 0 Å². The average Bonchev–Trinajstić information content (AvgIpc) is 2.39. The van der Waals surface area contributed by atoms with Crippen molar-refractivity contribution in [3.63, 3.8) is 0 Å². The Morgan fingerprint density at radius 1 is 1.16 bits per heavy atom. The first-order valence-corrected chi connectivity index (χ1v) is 6.57. The third kappa shape index (κ3) is 2.91. The lowest BCUT2D eigenvalue weighted by Gasteiger charge is -2.37. The fourth-order valence-electron chi connectivity index (χ4n) is 2.93. The zero-order chi connectivity index (χ0) is 14.1. The molecule has 0 spiro atoms. The van der Waals surface area contributed by atoms with Crippen molar-refractivity contribution in [3.8, 4) is 0 Å². The highest BCUT2D eigenvalue weighted by Gasteiger charge is 2.42. The van der Waals surface area contributed by atoms with Gasteiger partial charge in [0.25, 0.3) is 0 Å². The van der Waals surface area contributed by atoms with Crippen LogP contribution in [-0.2, 0) is 11.8 Å². The van der Waals surface area contributed by atoms with E-state index in [-0.39, 0.29) is 11.5 Å². The van der Waals surface area contributed by atoms with Gasteiger partial charge in [0, 0.05) is 18.0 Å². The van der Waals surface area contributed by atoms with Crippen molar-refractivity contribution in [1.82, 2.24) is 4.98 Å². The summed E-state index contributed by atoms with van der Waals surface area (Å²) in [6.07, 6.45) is 2.34. The summed E-state index contributed by atoms with van der Waals surface area (Å²) in [5.74, 6) is -0.133. The van der Waals surface area contributed by atoms with Crippen LogP contribution in [0.15, 0.2) is 18.5 Å². The Morgan fingerprint density at radius 3 is 2.37 bits per heavy atom. The normalized spacial score (nSPS) is 21.1. The van der Waals surface area contributed by atoms with E-state index < -0.39 is 17.3 Å². The number of halogens is 3. The molecular weight excluding hydrogens is 255 g/mol. The van der Waals surface area contributed by atoms with Crippen LogP contribution in [0.25, 0.3) is 0 Å². The minimum Gasteiger partial charge on any atom is -0.385 e. The fraction of sp³-hybridized carbons (Fsp3) is 0.643. The predicted molar refractivity (Wildman–Crippen MR) is 65.4 cm³/mol. The summed E-state index contributed by atoms with van der Waals surface area (Å²) < 4.78 is 39.0. The number of alkyl halides is 3. The lowest BCUT2D eigenvalue weighted by molar-refractivity contribution is -0.142. The van der Waals surface area contributed by atoms with Gasteiger partial charge in [0.2, 0.25) is 0 Å². The van der Waals surface area contributed by atoms with Crippen molar-refractivity contribution in [1.29, 1.82) is 0 Å². The summed E-state index contributed by atoms with van der Waals surface area (Å²) in [5.41, 5.74) is -2.35. The second kappa shape index (κ2) is 5.12. The zero-order valence-electron chi connectivity index (χ0n) is 10.9. The van der Waals surface area contributed by atoms with Gasteiger partial charge in [-0.05, 0) is 31.7 Å². The van der Waals surface area contributed by atoms with Crippen molar-refractivity contribution in [2.45, 2.75) is 50.8 Å². The van der Waals surface area contributed by atoms with Gasteiger partial charge in [-0.1, -0.05) is 19.3 Å². The lowest BCUT2D eigenvalue weighted by Crippen LogP contribution is -2.35. The Balaban J connectivity index is 2.39. The van der Waals surface area contributed by atoms with E-state index in [0.29, 0.717) is 0 Å². The molecule has 1 unspecified atom stereocenters. The molecule has 2 nitrogen and oxygen atoms in total. The number of rotatable bonds is 2. The number of pyridine rings is 1. The van der Waals surface area contributed by atoms with E-state index in [2.05, 4.69) is 4.98 Å². The van der Waals surface area contributed by atoms with Crippen molar-refractivity contribution < 1.29 is 18.3 Å². The van der Waals surface area contributed by atoms with Crippen molar-refractivity contribution in [2.75, 3.05) is 0 Å². The topological polar surface area (TPSA) is 33.1 Å². The van der Waals surface area contributed by atoms with Crippen LogP contribution in [-0.4, -0.2) is 10.1 Å². The molecule has 0 saturated heterocycles. The maximum atomic E-state index is 13.0. The van der Waals surface area contributed by atoms with Gasteiger partial charge in [-0.15, -0.1) is 0 Å². The van der Waals surface area contributed by atoms with E-state index in [0.717, 1.165) is 50.6 Å². The molecule has 1 aliphatic carbocycles. The average molecular weight is 273 g/mol. The summed E-state index contributed by atoms with van der Waals surface area (Å²) in [6.45, 7) is 1.48. The standard InChI is InChI=1S/C14H18F3NO/c1-13(19,10-5-3-2-4-6-10)12-9-18-8-7-11(12)14(15,16)17/h7-10,19H,2-6H2,1H3. The quantitative estimate of drug-likeness (QED) is 0.886. The Kier molecular flexibility index (Phi) is 3.85. The molecule has 0 bridgehead atoms. The van der Waals surface area contributed by atoms with Gasteiger partial charge in [-0.3, -0.25) is 4.98 Å². The largest absolute Gasteiger partial charge is 0.416 e. The first kappa shape index (κ1) is 14.3. The zero-order valence-corrected chi connectivity index (χ0v) is 10.9. The molecule has 0 amide bonds. The summed E-state index contributed by atoms with van der Waals surface area (Å²) in [7, 11) is 0. The van der Waals surface area contributed by atoms with E-state index in [4.69, 9.17) is 0 Å². The summed E-state index contributed by atoms with van der Waals surface area (Å²) in [5, 5.41) is 10.6. The van der Waals surface area contributed by atoms with E-state index in [1.54, 1.807) is 0 Å². The highest BCUT2D eigenvalue weighted by molar-refractivity contribution is 5.32. The van der Waals surface area contributed by atoms with Crippen LogP contribution in [0.5, 0.6) is 0 Å². The molecule has 0 radical (unpaired) electrons. The molecule has 1 heterocycles. The highest BCUT2D eigenvalue weighted by atomic mass is 19.4. The molecule has 0 aromatic carbocycles. The van der Waals surface area contributed by atoms with Gasteiger partial charge >= 0.3 is 6.18 Å².